The molecule has 8 heteroatoms. The highest BCUT2D eigenvalue weighted by Gasteiger charge is 2.19. The number of carbonyl (C=O) groups excluding carboxylic acids is 1. The van der Waals surface area contributed by atoms with Crippen LogP contribution in [-0.2, 0) is 4.79 Å². The Morgan fingerprint density at radius 3 is 2.38 bits per heavy atom. The predicted molar refractivity (Wildman–Crippen MR) is 146 cm³/mol. The first-order valence-corrected chi connectivity index (χ1v) is 12.2. The fourth-order valence-corrected chi connectivity index (χ4v) is 4.47. The molecule has 0 atom stereocenters. The number of benzene rings is 3. The van der Waals surface area contributed by atoms with E-state index in [0.717, 1.165) is 42.9 Å². The van der Waals surface area contributed by atoms with E-state index >= 15 is 0 Å². The Morgan fingerprint density at radius 2 is 1.62 bits per heavy atom. The number of amides is 1. The lowest BCUT2D eigenvalue weighted by Crippen LogP contribution is -2.46. The SMILES string of the molecule is COc1ccc(NC(=O)COc2cccc3ccc(N4CCN(c5ccccc5)CC4)nc23)c(OC)c1. The summed E-state index contributed by atoms with van der Waals surface area (Å²) in [6.45, 7) is 3.45. The molecule has 8 nitrogen and oxygen atoms in total. The number of nitrogens with zero attached hydrogens (tertiary/aromatic N) is 3. The topological polar surface area (TPSA) is 76.2 Å². The molecule has 3 aromatic carbocycles. The third kappa shape index (κ3) is 5.53. The highest BCUT2D eigenvalue weighted by Crippen LogP contribution is 2.30. The van der Waals surface area contributed by atoms with E-state index in [4.69, 9.17) is 19.2 Å². The van der Waals surface area contributed by atoms with Gasteiger partial charge in [0.15, 0.2) is 6.61 Å². The summed E-state index contributed by atoms with van der Waals surface area (Å²) in [5.74, 6) is 2.33. The van der Waals surface area contributed by atoms with Gasteiger partial charge in [-0.15, -0.1) is 0 Å². The summed E-state index contributed by atoms with van der Waals surface area (Å²) < 4.78 is 16.5. The molecule has 37 heavy (non-hydrogen) atoms. The molecule has 1 N–H and O–H groups in total. The van der Waals surface area contributed by atoms with Gasteiger partial charge in [0.05, 0.1) is 19.9 Å². The number of nitrogens with one attached hydrogen (secondary N) is 1. The first kappa shape index (κ1) is 24.2. The minimum atomic E-state index is -0.298. The molecule has 1 aliphatic heterocycles. The summed E-state index contributed by atoms with van der Waals surface area (Å²) in [6.07, 6.45) is 0. The van der Waals surface area contributed by atoms with E-state index in [-0.39, 0.29) is 12.5 Å². The molecule has 0 saturated carbocycles. The molecule has 5 rings (SSSR count). The Balaban J connectivity index is 1.26. The molecule has 1 amide bonds. The third-order valence-electron chi connectivity index (χ3n) is 6.44. The van der Waals surface area contributed by atoms with E-state index in [9.17, 15) is 4.79 Å². The molecular weight excluding hydrogens is 468 g/mol. The number of pyridine rings is 1. The largest absolute Gasteiger partial charge is 0.497 e. The maximum absolute atomic E-state index is 12.7. The van der Waals surface area contributed by atoms with Crippen LogP contribution in [0.5, 0.6) is 17.2 Å². The molecule has 4 aromatic rings. The van der Waals surface area contributed by atoms with Gasteiger partial charge in [-0.05, 0) is 42.5 Å². The Bertz CT molecular complexity index is 1370. The van der Waals surface area contributed by atoms with Gasteiger partial charge >= 0.3 is 0 Å². The molecule has 0 aliphatic carbocycles. The number of piperazine rings is 1. The molecule has 0 bridgehead atoms. The van der Waals surface area contributed by atoms with Gasteiger partial charge in [-0.1, -0.05) is 30.3 Å². The van der Waals surface area contributed by atoms with Crippen LogP contribution in [0.3, 0.4) is 0 Å². The van der Waals surface area contributed by atoms with Crippen LogP contribution in [0.15, 0.2) is 78.9 Å². The Hall–Kier alpha value is -4.46. The van der Waals surface area contributed by atoms with Crippen LogP contribution in [0.1, 0.15) is 0 Å². The summed E-state index contributed by atoms with van der Waals surface area (Å²) >= 11 is 0. The summed E-state index contributed by atoms with van der Waals surface area (Å²) in [6, 6.07) is 25.5. The number of rotatable bonds is 8. The Morgan fingerprint density at radius 1 is 0.838 bits per heavy atom. The van der Waals surface area contributed by atoms with Crippen molar-refractivity contribution in [1.29, 1.82) is 0 Å². The lowest BCUT2D eigenvalue weighted by atomic mass is 10.2. The zero-order chi connectivity index (χ0) is 25.6. The maximum atomic E-state index is 12.7. The lowest BCUT2D eigenvalue weighted by molar-refractivity contribution is -0.118. The van der Waals surface area contributed by atoms with Crippen molar-refractivity contribution < 1.29 is 19.0 Å². The molecular formula is C29H30N4O4. The van der Waals surface area contributed by atoms with Crippen LogP contribution >= 0.6 is 0 Å². The summed E-state index contributed by atoms with van der Waals surface area (Å²) in [5.41, 5.74) is 2.53. The molecule has 1 saturated heterocycles. The van der Waals surface area contributed by atoms with E-state index in [1.54, 1.807) is 32.4 Å². The van der Waals surface area contributed by atoms with E-state index in [2.05, 4.69) is 45.4 Å². The highest BCUT2D eigenvalue weighted by molar-refractivity contribution is 5.94. The molecule has 1 aliphatic rings. The third-order valence-corrected chi connectivity index (χ3v) is 6.44. The Kier molecular flexibility index (Phi) is 7.26. The molecule has 0 radical (unpaired) electrons. The average molecular weight is 499 g/mol. The zero-order valence-corrected chi connectivity index (χ0v) is 21.0. The monoisotopic (exact) mass is 498 g/mol. The van der Waals surface area contributed by atoms with Gasteiger partial charge in [-0.3, -0.25) is 4.79 Å². The zero-order valence-electron chi connectivity index (χ0n) is 21.0. The number of ether oxygens (including phenoxy) is 3. The first-order chi connectivity index (χ1) is 18.1. The van der Waals surface area contributed by atoms with Gasteiger partial charge in [-0.25, -0.2) is 4.98 Å². The fourth-order valence-electron chi connectivity index (χ4n) is 4.47. The minimum Gasteiger partial charge on any atom is -0.497 e. The summed E-state index contributed by atoms with van der Waals surface area (Å²) in [4.78, 5) is 22.3. The molecule has 1 aromatic heterocycles. The van der Waals surface area contributed by atoms with Crippen LogP contribution in [-0.4, -0.2) is 57.9 Å². The Labute approximate surface area is 216 Å². The second kappa shape index (κ2) is 11.1. The number of hydrogen-bond donors (Lipinski definition) is 1. The normalized spacial score (nSPS) is 13.4. The minimum absolute atomic E-state index is 0.157. The second-order valence-corrected chi connectivity index (χ2v) is 8.71. The predicted octanol–water partition coefficient (Wildman–Crippen LogP) is 4.60. The standard InChI is InChI=1S/C29H30N4O4/c1-35-23-12-13-24(26(19-23)36-2)30-28(34)20-37-25-10-6-7-21-11-14-27(31-29(21)25)33-17-15-32(16-18-33)22-8-4-3-5-9-22/h3-14,19H,15-18,20H2,1-2H3,(H,30,34). The molecule has 0 unspecified atom stereocenters. The van der Waals surface area contributed by atoms with Crippen molar-refractivity contribution in [3.63, 3.8) is 0 Å². The van der Waals surface area contributed by atoms with Crippen molar-refractivity contribution in [2.45, 2.75) is 0 Å². The van der Waals surface area contributed by atoms with E-state index in [1.807, 2.05) is 30.3 Å². The molecule has 0 spiro atoms. The maximum Gasteiger partial charge on any atom is 0.262 e. The van der Waals surface area contributed by atoms with E-state index < -0.39 is 0 Å². The summed E-state index contributed by atoms with van der Waals surface area (Å²) in [5, 5.41) is 3.79. The highest BCUT2D eigenvalue weighted by atomic mass is 16.5. The number of carbonyl (C=O) groups is 1. The number of hydrogen-bond acceptors (Lipinski definition) is 7. The average Bonchev–Trinajstić information content (AvgIpc) is 2.96. The molecule has 1 fully saturated rings. The fraction of sp³-hybridized carbons (Fsp3) is 0.241. The first-order valence-electron chi connectivity index (χ1n) is 12.2. The van der Waals surface area contributed by atoms with E-state index in [1.165, 1.54) is 5.69 Å². The lowest BCUT2D eigenvalue weighted by Gasteiger charge is -2.36. The van der Waals surface area contributed by atoms with Crippen molar-refractivity contribution >= 4 is 34.0 Å². The number of para-hydroxylation sites is 2. The van der Waals surface area contributed by atoms with Gasteiger partial charge in [0, 0.05) is 43.3 Å². The van der Waals surface area contributed by atoms with Gasteiger partial charge in [-0.2, -0.15) is 0 Å². The van der Waals surface area contributed by atoms with Gasteiger partial charge in [0.1, 0.15) is 28.6 Å². The van der Waals surface area contributed by atoms with Crippen LogP contribution in [0.2, 0.25) is 0 Å². The smallest absolute Gasteiger partial charge is 0.262 e. The quantitative estimate of drug-likeness (QED) is 0.381. The van der Waals surface area contributed by atoms with Crippen molar-refractivity contribution in [3.05, 3.63) is 78.9 Å². The number of aromatic nitrogens is 1. The number of methoxy groups -OCH3 is 2. The second-order valence-electron chi connectivity index (χ2n) is 8.71. The van der Waals surface area contributed by atoms with Crippen molar-refractivity contribution in [1.82, 2.24) is 4.98 Å². The van der Waals surface area contributed by atoms with Crippen LogP contribution < -0.4 is 29.3 Å². The van der Waals surface area contributed by atoms with Gasteiger partial charge in [0.2, 0.25) is 0 Å². The van der Waals surface area contributed by atoms with Crippen molar-refractivity contribution in [3.8, 4) is 17.2 Å². The molecule has 190 valence electrons. The van der Waals surface area contributed by atoms with Crippen LogP contribution in [0.25, 0.3) is 10.9 Å². The summed E-state index contributed by atoms with van der Waals surface area (Å²) in [7, 11) is 3.12. The van der Waals surface area contributed by atoms with Crippen molar-refractivity contribution in [2.24, 2.45) is 0 Å². The van der Waals surface area contributed by atoms with Crippen molar-refractivity contribution in [2.75, 3.05) is 62.1 Å². The van der Waals surface area contributed by atoms with Gasteiger partial charge in [0.25, 0.3) is 5.91 Å². The number of fused-ring (bicyclic) bond motifs is 1. The van der Waals surface area contributed by atoms with Crippen LogP contribution in [0.4, 0.5) is 17.2 Å². The number of anilines is 3. The van der Waals surface area contributed by atoms with E-state index in [0.29, 0.717) is 22.9 Å². The van der Waals surface area contributed by atoms with Gasteiger partial charge < -0.3 is 29.3 Å². The molecule has 2 heterocycles. The van der Waals surface area contributed by atoms with Crippen LogP contribution in [0, 0.1) is 0 Å².